The Morgan fingerprint density at radius 1 is 0.867 bits per heavy atom. The summed E-state index contributed by atoms with van der Waals surface area (Å²) in [6, 6.07) is 22.0. The molecule has 2 aromatic heterocycles. The SMILES string of the molecule is O=C1CC(c2ccc(-c3nn[nH]n3)cc2)C(c2ccccc2)=C(c2cccnc2)N1. The van der Waals surface area contributed by atoms with E-state index >= 15 is 0 Å². The highest BCUT2D eigenvalue weighted by atomic mass is 16.1. The molecule has 0 aliphatic carbocycles. The Bertz CT molecular complexity index is 1190. The Morgan fingerprint density at radius 2 is 1.67 bits per heavy atom. The summed E-state index contributed by atoms with van der Waals surface area (Å²) in [7, 11) is 0. The normalized spacial score (nSPS) is 16.4. The van der Waals surface area contributed by atoms with Gasteiger partial charge in [-0.3, -0.25) is 9.78 Å². The number of amides is 1. The molecule has 0 saturated carbocycles. The van der Waals surface area contributed by atoms with Gasteiger partial charge in [0.2, 0.25) is 11.7 Å². The summed E-state index contributed by atoms with van der Waals surface area (Å²) >= 11 is 0. The maximum absolute atomic E-state index is 12.7. The maximum Gasteiger partial charge on any atom is 0.225 e. The minimum Gasteiger partial charge on any atom is -0.325 e. The third-order valence-electron chi connectivity index (χ3n) is 5.22. The number of allylic oxidation sites excluding steroid dienone is 1. The molecule has 1 atom stereocenters. The molecule has 3 heterocycles. The first-order valence-corrected chi connectivity index (χ1v) is 9.63. The van der Waals surface area contributed by atoms with Crippen LogP contribution in [0.3, 0.4) is 0 Å². The molecule has 7 heteroatoms. The lowest BCUT2D eigenvalue weighted by molar-refractivity contribution is -0.120. The van der Waals surface area contributed by atoms with E-state index < -0.39 is 0 Å². The first kappa shape index (κ1) is 17.9. The van der Waals surface area contributed by atoms with Crippen molar-refractivity contribution < 1.29 is 4.79 Å². The topological polar surface area (TPSA) is 96.5 Å². The summed E-state index contributed by atoms with van der Waals surface area (Å²) in [5, 5.41) is 17.2. The van der Waals surface area contributed by atoms with Gasteiger partial charge in [-0.1, -0.05) is 54.6 Å². The third kappa shape index (κ3) is 3.37. The Balaban J connectivity index is 1.65. The lowest BCUT2D eigenvalue weighted by Gasteiger charge is -2.30. The number of benzene rings is 2. The number of pyridine rings is 1. The molecule has 0 saturated heterocycles. The van der Waals surface area contributed by atoms with Crippen LogP contribution in [-0.4, -0.2) is 31.5 Å². The molecule has 1 amide bonds. The predicted octanol–water partition coefficient (Wildman–Crippen LogP) is 3.43. The third-order valence-corrected chi connectivity index (χ3v) is 5.22. The van der Waals surface area contributed by atoms with Crippen molar-refractivity contribution in [1.82, 2.24) is 30.9 Å². The number of aromatic amines is 1. The molecular formula is C23H18N6O. The van der Waals surface area contributed by atoms with Gasteiger partial charge in [0.05, 0.1) is 5.70 Å². The van der Waals surface area contributed by atoms with Crippen LogP contribution in [0.25, 0.3) is 22.7 Å². The van der Waals surface area contributed by atoms with E-state index in [2.05, 4.69) is 43.1 Å². The van der Waals surface area contributed by atoms with Crippen molar-refractivity contribution >= 4 is 17.2 Å². The fourth-order valence-corrected chi connectivity index (χ4v) is 3.85. The molecule has 30 heavy (non-hydrogen) atoms. The monoisotopic (exact) mass is 394 g/mol. The Labute approximate surface area is 172 Å². The molecule has 1 aliphatic rings. The summed E-state index contributed by atoms with van der Waals surface area (Å²) in [6.45, 7) is 0. The zero-order chi connectivity index (χ0) is 20.3. The van der Waals surface area contributed by atoms with E-state index in [1.807, 2.05) is 54.6 Å². The van der Waals surface area contributed by atoms with Crippen molar-refractivity contribution in [2.75, 3.05) is 0 Å². The lowest BCUT2D eigenvalue weighted by atomic mass is 9.79. The van der Waals surface area contributed by atoms with Gasteiger partial charge in [-0.05, 0) is 34.0 Å². The fourth-order valence-electron chi connectivity index (χ4n) is 3.85. The molecule has 5 rings (SSSR count). The number of hydrogen-bond acceptors (Lipinski definition) is 5. The number of carbonyl (C=O) groups is 1. The maximum atomic E-state index is 12.7. The molecule has 0 fully saturated rings. The summed E-state index contributed by atoms with van der Waals surface area (Å²) in [5.74, 6) is 0.439. The Morgan fingerprint density at radius 3 is 2.37 bits per heavy atom. The van der Waals surface area contributed by atoms with Crippen molar-refractivity contribution in [2.24, 2.45) is 0 Å². The van der Waals surface area contributed by atoms with Gasteiger partial charge in [-0.2, -0.15) is 5.21 Å². The number of hydrogen-bond donors (Lipinski definition) is 2. The number of rotatable bonds is 4. The van der Waals surface area contributed by atoms with E-state index in [0.29, 0.717) is 12.2 Å². The minimum absolute atomic E-state index is 0.0132. The Hall–Kier alpha value is -4.13. The van der Waals surface area contributed by atoms with Gasteiger partial charge >= 0.3 is 0 Å². The van der Waals surface area contributed by atoms with Crippen LogP contribution in [-0.2, 0) is 4.79 Å². The summed E-state index contributed by atoms with van der Waals surface area (Å²) in [4.78, 5) is 16.9. The largest absolute Gasteiger partial charge is 0.325 e. The van der Waals surface area contributed by atoms with E-state index in [0.717, 1.165) is 33.5 Å². The van der Waals surface area contributed by atoms with Crippen LogP contribution in [0.2, 0.25) is 0 Å². The summed E-state index contributed by atoms with van der Waals surface area (Å²) in [6.07, 6.45) is 3.88. The molecule has 0 bridgehead atoms. The van der Waals surface area contributed by atoms with Gasteiger partial charge in [0, 0.05) is 35.9 Å². The average Bonchev–Trinajstić information content (AvgIpc) is 3.35. The second-order valence-electron chi connectivity index (χ2n) is 7.06. The second-order valence-corrected chi connectivity index (χ2v) is 7.06. The zero-order valence-electron chi connectivity index (χ0n) is 16.0. The van der Waals surface area contributed by atoms with Gasteiger partial charge in [-0.25, -0.2) is 0 Å². The van der Waals surface area contributed by atoms with E-state index in [1.54, 1.807) is 12.4 Å². The lowest BCUT2D eigenvalue weighted by Crippen LogP contribution is -2.31. The molecule has 0 radical (unpaired) electrons. The number of carbonyl (C=O) groups excluding carboxylic acids is 1. The molecule has 1 aliphatic heterocycles. The van der Waals surface area contributed by atoms with Crippen molar-refractivity contribution in [1.29, 1.82) is 0 Å². The van der Waals surface area contributed by atoms with Crippen molar-refractivity contribution in [3.63, 3.8) is 0 Å². The van der Waals surface area contributed by atoms with Gasteiger partial charge in [0.25, 0.3) is 0 Å². The van der Waals surface area contributed by atoms with E-state index in [4.69, 9.17) is 0 Å². The van der Waals surface area contributed by atoms with E-state index in [-0.39, 0.29) is 11.8 Å². The standard InChI is InChI=1S/C23H18N6O/c30-20-13-19(15-8-10-17(11-9-15)23-26-28-29-27-23)21(16-5-2-1-3-6-16)22(25-20)18-7-4-12-24-14-18/h1-12,14,19H,13H2,(H,25,30)(H,26,27,28,29). The van der Waals surface area contributed by atoms with Gasteiger partial charge in [0.1, 0.15) is 0 Å². The number of nitrogens with one attached hydrogen (secondary N) is 2. The number of nitrogens with zero attached hydrogens (tertiary/aromatic N) is 4. The van der Waals surface area contributed by atoms with Gasteiger partial charge in [0.15, 0.2) is 0 Å². The van der Waals surface area contributed by atoms with Crippen LogP contribution in [0.1, 0.15) is 29.0 Å². The quantitative estimate of drug-likeness (QED) is 0.553. The van der Waals surface area contributed by atoms with Crippen LogP contribution in [0, 0.1) is 0 Å². The van der Waals surface area contributed by atoms with Crippen molar-refractivity contribution in [3.8, 4) is 11.4 Å². The zero-order valence-corrected chi connectivity index (χ0v) is 16.0. The highest BCUT2D eigenvalue weighted by Crippen LogP contribution is 2.42. The van der Waals surface area contributed by atoms with Crippen molar-refractivity contribution in [2.45, 2.75) is 12.3 Å². The second kappa shape index (κ2) is 7.71. The predicted molar refractivity (Wildman–Crippen MR) is 113 cm³/mol. The van der Waals surface area contributed by atoms with Gasteiger partial charge in [-0.15, -0.1) is 10.2 Å². The average molecular weight is 394 g/mol. The molecule has 0 spiro atoms. The summed E-state index contributed by atoms with van der Waals surface area (Å²) < 4.78 is 0. The molecule has 146 valence electrons. The minimum atomic E-state index is -0.0873. The number of aromatic nitrogens is 5. The van der Waals surface area contributed by atoms with Crippen LogP contribution in [0.4, 0.5) is 0 Å². The Kier molecular flexibility index (Phi) is 4.61. The van der Waals surface area contributed by atoms with E-state index in [1.165, 1.54) is 0 Å². The molecule has 7 nitrogen and oxygen atoms in total. The number of H-pyrrole nitrogens is 1. The smallest absolute Gasteiger partial charge is 0.225 e. The van der Waals surface area contributed by atoms with Crippen LogP contribution >= 0.6 is 0 Å². The fraction of sp³-hybridized carbons (Fsp3) is 0.0870. The molecule has 2 aromatic carbocycles. The summed E-state index contributed by atoms with van der Waals surface area (Å²) in [5.41, 5.74) is 5.76. The first-order valence-electron chi connectivity index (χ1n) is 9.63. The van der Waals surface area contributed by atoms with Crippen molar-refractivity contribution in [3.05, 3.63) is 95.8 Å². The van der Waals surface area contributed by atoms with Gasteiger partial charge < -0.3 is 5.32 Å². The highest BCUT2D eigenvalue weighted by molar-refractivity contribution is 6.03. The first-order chi connectivity index (χ1) is 14.8. The highest BCUT2D eigenvalue weighted by Gasteiger charge is 2.30. The van der Waals surface area contributed by atoms with Crippen LogP contribution in [0.15, 0.2) is 79.1 Å². The molecule has 4 aromatic rings. The molecule has 1 unspecified atom stereocenters. The van der Waals surface area contributed by atoms with Crippen LogP contribution < -0.4 is 5.32 Å². The molecule has 2 N–H and O–H groups in total. The van der Waals surface area contributed by atoms with E-state index in [9.17, 15) is 4.79 Å². The molecular weight excluding hydrogens is 376 g/mol. The number of tetrazole rings is 1. The van der Waals surface area contributed by atoms with Crippen LogP contribution in [0.5, 0.6) is 0 Å².